The lowest BCUT2D eigenvalue weighted by atomic mass is 10.1. The van der Waals surface area contributed by atoms with Gasteiger partial charge in [0.05, 0.1) is 23.3 Å². The molecule has 0 saturated carbocycles. The highest BCUT2D eigenvalue weighted by Gasteiger charge is 2.05. The van der Waals surface area contributed by atoms with Crippen molar-refractivity contribution in [2.45, 2.75) is 33.2 Å². The van der Waals surface area contributed by atoms with Gasteiger partial charge in [-0.25, -0.2) is 0 Å². The van der Waals surface area contributed by atoms with Crippen molar-refractivity contribution >= 4 is 0 Å². The summed E-state index contributed by atoms with van der Waals surface area (Å²) in [4.78, 5) is 8.63. The van der Waals surface area contributed by atoms with Crippen LogP contribution in [0.1, 0.15) is 36.8 Å². The molecule has 0 aromatic carbocycles. The van der Waals surface area contributed by atoms with Gasteiger partial charge in [-0.3, -0.25) is 9.97 Å². The molecule has 0 aliphatic heterocycles. The lowest BCUT2D eigenvalue weighted by molar-refractivity contribution is 0.780. The van der Waals surface area contributed by atoms with Crippen LogP contribution in [0.15, 0.2) is 6.20 Å². The molecule has 0 saturated heterocycles. The molecular weight excluding hydrogens is 150 g/mol. The van der Waals surface area contributed by atoms with Crippen molar-refractivity contribution < 1.29 is 0 Å². The van der Waals surface area contributed by atoms with E-state index in [1.807, 2.05) is 6.92 Å². The van der Waals surface area contributed by atoms with Crippen molar-refractivity contribution in [3.05, 3.63) is 23.3 Å². The van der Waals surface area contributed by atoms with Gasteiger partial charge >= 0.3 is 0 Å². The predicted octanol–water partition coefficient (Wildman–Crippen LogP) is 1.37. The maximum absolute atomic E-state index is 5.44. The van der Waals surface area contributed by atoms with Crippen LogP contribution < -0.4 is 5.73 Å². The van der Waals surface area contributed by atoms with E-state index < -0.39 is 0 Å². The summed E-state index contributed by atoms with van der Waals surface area (Å²) < 4.78 is 0. The van der Waals surface area contributed by atoms with Gasteiger partial charge in [0.2, 0.25) is 0 Å². The third-order valence-corrected chi connectivity index (χ3v) is 1.79. The number of hydrogen-bond donors (Lipinski definition) is 1. The minimum Gasteiger partial charge on any atom is -0.325 e. The predicted molar refractivity (Wildman–Crippen MR) is 48.7 cm³/mol. The fraction of sp³-hybridized carbons (Fsp3) is 0.556. The smallest absolute Gasteiger partial charge is 0.0725 e. The van der Waals surface area contributed by atoms with Crippen LogP contribution in [-0.4, -0.2) is 9.97 Å². The van der Waals surface area contributed by atoms with Crippen molar-refractivity contribution in [2.75, 3.05) is 0 Å². The summed E-state index contributed by atoms with van der Waals surface area (Å²) in [5, 5.41) is 0. The van der Waals surface area contributed by atoms with Crippen LogP contribution in [0.2, 0.25) is 0 Å². The van der Waals surface area contributed by atoms with Gasteiger partial charge in [0.15, 0.2) is 0 Å². The molecular formula is C9H15N3. The molecule has 0 atom stereocenters. The summed E-state index contributed by atoms with van der Waals surface area (Å²) in [6.45, 7) is 6.66. The molecule has 0 unspecified atom stereocenters. The Kier molecular flexibility index (Phi) is 2.76. The Morgan fingerprint density at radius 2 is 2.17 bits per heavy atom. The normalized spacial score (nSPS) is 10.8. The first-order valence-electron chi connectivity index (χ1n) is 4.17. The molecule has 0 radical (unpaired) electrons. The van der Waals surface area contributed by atoms with Crippen LogP contribution >= 0.6 is 0 Å². The average Bonchev–Trinajstić information content (AvgIpc) is 2.03. The molecule has 0 amide bonds. The Bertz CT molecular complexity index is 268. The Hall–Kier alpha value is -0.960. The first-order chi connectivity index (χ1) is 5.65. The fourth-order valence-corrected chi connectivity index (χ4v) is 1.20. The van der Waals surface area contributed by atoms with Gasteiger partial charge < -0.3 is 5.73 Å². The van der Waals surface area contributed by atoms with Crippen LogP contribution in [0, 0.1) is 6.92 Å². The maximum atomic E-state index is 5.44. The summed E-state index contributed by atoms with van der Waals surface area (Å²) in [6, 6.07) is 0. The topological polar surface area (TPSA) is 51.8 Å². The van der Waals surface area contributed by atoms with Gasteiger partial charge in [0.25, 0.3) is 0 Å². The second kappa shape index (κ2) is 3.63. The van der Waals surface area contributed by atoms with Crippen molar-refractivity contribution in [1.29, 1.82) is 0 Å². The third-order valence-electron chi connectivity index (χ3n) is 1.79. The van der Waals surface area contributed by atoms with Gasteiger partial charge in [-0.15, -0.1) is 0 Å². The quantitative estimate of drug-likeness (QED) is 0.720. The molecule has 1 rings (SSSR count). The van der Waals surface area contributed by atoms with Crippen LogP contribution in [0.4, 0.5) is 0 Å². The number of nitrogens with two attached hydrogens (primary N) is 1. The molecule has 0 aliphatic rings. The molecule has 66 valence electrons. The zero-order valence-electron chi connectivity index (χ0n) is 7.83. The summed E-state index contributed by atoms with van der Waals surface area (Å²) in [5.41, 5.74) is 8.36. The first-order valence-corrected chi connectivity index (χ1v) is 4.17. The molecule has 3 heteroatoms. The maximum Gasteiger partial charge on any atom is 0.0725 e. The highest BCUT2D eigenvalue weighted by atomic mass is 14.8. The molecule has 1 aromatic heterocycles. The Labute approximate surface area is 73.0 Å². The van der Waals surface area contributed by atoms with E-state index in [1.165, 1.54) is 0 Å². The minimum absolute atomic E-state index is 0.435. The molecule has 0 aliphatic carbocycles. The summed E-state index contributed by atoms with van der Waals surface area (Å²) in [7, 11) is 0. The largest absolute Gasteiger partial charge is 0.325 e. The molecule has 2 N–H and O–H groups in total. The summed E-state index contributed by atoms with van der Waals surface area (Å²) in [5.74, 6) is 0.435. The SMILES string of the molecule is Cc1nc(CN)cnc1C(C)C. The number of hydrogen-bond acceptors (Lipinski definition) is 3. The summed E-state index contributed by atoms with van der Waals surface area (Å²) in [6.07, 6.45) is 1.75. The van der Waals surface area contributed by atoms with Crippen LogP contribution in [0.5, 0.6) is 0 Å². The summed E-state index contributed by atoms with van der Waals surface area (Å²) >= 11 is 0. The monoisotopic (exact) mass is 165 g/mol. The Morgan fingerprint density at radius 1 is 1.50 bits per heavy atom. The second-order valence-corrected chi connectivity index (χ2v) is 3.19. The number of rotatable bonds is 2. The number of aryl methyl sites for hydroxylation is 1. The van der Waals surface area contributed by atoms with E-state index in [0.717, 1.165) is 17.1 Å². The van der Waals surface area contributed by atoms with Crippen molar-refractivity contribution in [1.82, 2.24) is 9.97 Å². The molecule has 12 heavy (non-hydrogen) atoms. The lowest BCUT2D eigenvalue weighted by Crippen LogP contribution is -2.06. The van der Waals surface area contributed by atoms with E-state index in [4.69, 9.17) is 5.73 Å². The van der Waals surface area contributed by atoms with E-state index >= 15 is 0 Å². The Balaban J connectivity index is 3.03. The Morgan fingerprint density at radius 3 is 2.58 bits per heavy atom. The van der Waals surface area contributed by atoms with Gasteiger partial charge in [-0.05, 0) is 12.8 Å². The second-order valence-electron chi connectivity index (χ2n) is 3.19. The van der Waals surface area contributed by atoms with E-state index in [9.17, 15) is 0 Å². The van der Waals surface area contributed by atoms with Crippen molar-refractivity contribution in [3.8, 4) is 0 Å². The first kappa shape index (κ1) is 9.13. The lowest BCUT2D eigenvalue weighted by Gasteiger charge is -2.07. The average molecular weight is 165 g/mol. The molecule has 0 bridgehead atoms. The number of nitrogens with zero attached hydrogens (tertiary/aromatic N) is 2. The van der Waals surface area contributed by atoms with Crippen molar-refractivity contribution in [3.63, 3.8) is 0 Å². The zero-order chi connectivity index (χ0) is 9.14. The van der Waals surface area contributed by atoms with Gasteiger partial charge in [0.1, 0.15) is 0 Å². The van der Waals surface area contributed by atoms with E-state index in [2.05, 4.69) is 23.8 Å². The van der Waals surface area contributed by atoms with Gasteiger partial charge in [-0.2, -0.15) is 0 Å². The molecule has 1 aromatic rings. The van der Waals surface area contributed by atoms with E-state index in [1.54, 1.807) is 6.20 Å². The molecule has 3 nitrogen and oxygen atoms in total. The van der Waals surface area contributed by atoms with Gasteiger partial charge in [0, 0.05) is 6.54 Å². The van der Waals surface area contributed by atoms with Crippen LogP contribution in [0.3, 0.4) is 0 Å². The number of aromatic nitrogens is 2. The third kappa shape index (κ3) is 1.80. The molecule has 0 fully saturated rings. The van der Waals surface area contributed by atoms with Crippen LogP contribution in [0.25, 0.3) is 0 Å². The van der Waals surface area contributed by atoms with Crippen LogP contribution in [-0.2, 0) is 6.54 Å². The standard InChI is InChI=1S/C9H15N3/c1-6(2)9-7(3)12-8(4-10)5-11-9/h5-6H,4,10H2,1-3H3. The highest BCUT2D eigenvalue weighted by Crippen LogP contribution is 2.13. The van der Waals surface area contributed by atoms with E-state index in [-0.39, 0.29) is 0 Å². The molecule has 0 spiro atoms. The highest BCUT2D eigenvalue weighted by molar-refractivity contribution is 5.15. The fourth-order valence-electron chi connectivity index (χ4n) is 1.20. The minimum atomic E-state index is 0.435. The zero-order valence-corrected chi connectivity index (χ0v) is 7.83. The van der Waals surface area contributed by atoms with Gasteiger partial charge in [-0.1, -0.05) is 13.8 Å². The molecule has 1 heterocycles. The van der Waals surface area contributed by atoms with E-state index in [0.29, 0.717) is 12.5 Å². The van der Waals surface area contributed by atoms with Crippen molar-refractivity contribution in [2.24, 2.45) is 5.73 Å².